The van der Waals surface area contributed by atoms with Crippen molar-refractivity contribution in [3.8, 4) is 0 Å². The Balaban J connectivity index is 0.000000290. The minimum atomic E-state index is -4.82. The maximum atomic E-state index is 13.3. The monoisotopic (exact) mass is 1180 g/mol. The van der Waals surface area contributed by atoms with Crippen molar-refractivity contribution in [1.29, 1.82) is 0 Å². The van der Waals surface area contributed by atoms with Gasteiger partial charge in [-0.1, -0.05) is 65.8 Å². The van der Waals surface area contributed by atoms with Crippen molar-refractivity contribution in [2.45, 2.75) is 115 Å². The summed E-state index contributed by atoms with van der Waals surface area (Å²) in [6.07, 6.45) is -6.08. The molecular formula is C58H78ClF6LiN10O7. The Labute approximate surface area is 500 Å². The van der Waals surface area contributed by atoms with E-state index in [0.29, 0.717) is 45.4 Å². The molecule has 452 valence electrons. The summed E-state index contributed by atoms with van der Waals surface area (Å²) in [6.45, 7) is 24.8. The number of carboxylic acid groups (broad SMARTS) is 1. The number of hydrogen-bond acceptors (Lipinski definition) is 13. The molecule has 0 radical (unpaired) electrons. The number of carboxylic acids is 1. The molecule has 4 saturated heterocycles. The Hall–Kier alpha value is -5.83. The number of hydrogen-bond donors (Lipinski definition) is 3. The molecule has 4 heterocycles. The van der Waals surface area contributed by atoms with E-state index >= 15 is 0 Å². The first-order valence-electron chi connectivity index (χ1n) is 27.7. The summed E-state index contributed by atoms with van der Waals surface area (Å²) in [4.78, 5) is 54.0. The van der Waals surface area contributed by atoms with Crippen molar-refractivity contribution in [2.75, 3.05) is 112 Å². The van der Waals surface area contributed by atoms with Gasteiger partial charge < -0.3 is 53.0 Å². The second-order valence-corrected chi connectivity index (χ2v) is 23.2. The Morgan fingerprint density at radius 2 is 0.916 bits per heavy atom. The van der Waals surface area contributed by atoms with E-state index in [2.05, 4.69) is 126 Å². The number of piperazine rings is 2. The van der Waals surface area contributed by atoms with Crippen LogP contribution in [-0.4, -0.2) is 140 Å². The second-order valence-electron chi connectivity index (χ2n) is 23.2. The minimum Gasteiger partial charge on any atom is -1.00 e. The molecule has 25 heteroatoms. The van der Waals surface area contributed by atoms with Crippen LogP contribution in [-0.2, 0) is 32.8 Å². The number of anilines is 4. The van der Waals surface area contributed by atoms with E-state index in [-0.39, 0.29) is 77.9 Å². The van der Waals surface area contributed by atoms with Crippen molar-refractivity contribution < 1.29 is 87.5 Å². The topological polar surface area (TPSA) is 200 Å². The third-order valence-corrected chi connectivity index (χ3v) is 15.2. The van der Waals surface area contributed by atoms with E-state index < -0.39 is 50.7 Å². The van der Waals surface area contributed by atoms with Gasteiger partial charge in [0.1, 0.15) is 11.1 Å². The molecule has 0 aromatic heterocycles. The number of nitro benzene ring substituents is 2. The minimum absolute atomic E-state index is 0. The van der Waals surface area contributed by atoms with Crippen LogP contribution >= 0.6 is 0 Å². The molecule has 0 bridgehead atoms. The number of alkyl halides is 6. The number of amides is 1. The van der Waals surface area contributed by atoms with Crippen molar-refractivity contribution in [3.63, 3.8) is 0 Å². The average Bonchev–Trinajstić information content (AvgIpc) is 3.58. The molecule has 4 aromatic carbocycles. The van der Waals surface area contributed by atoms with Gasteiger partial charge in [0.25, 0.3) is 11.4 Å². The number of rotatable bonds is 14. The van der Waals surface area contributed by atoms with Gasteiger partial charge in [-0.05, 0) is 89.8 Å². The van der Waals surface area contributed by atoms with Crippen molar-refractivity contribution in [1.82, 2.24) is 14.7 Å². The number of halogens is 7. The normalized spacial score (nSPS) is 16.9. The fourth-order valence-electron chi connectivity index (χ4n) is 10.3. The summed E-state index contributed by atoms with van der Waals surface area (Å²) >= 11 is 0. The van der Waals surface area contributed by atoms with Crippen LogP contribution in [0.4, 0.5) is 60.5 Å². The van der Waals surface area contributed by atoms with Crippen LogP contribution in [0.15, 0.2) is 84.9 Å². The Morgan fingerprint density at radius 3 is 1.25 bits per heavy atom. The molecule has 83 heavy (non-hydrogen) atoms. The molecule has 0 unspecified atom stereocenters. The molecule has 0 spiro atoms. The van der Waals surface area contributed by atoms with Gasteiger partial charge in [0.2, 0.25) is 5.91 Å². The quantitative estimate of drug-likeness (QED) is 0.0722. The van der Waals surface area contributed by atoms with Crippen LogP contribution in [0.5, 0.6) is 0 Å². The number of nitrogens with zero attached hydrogens (tertiary/aromatic N) is 7. The van der Waals surface area contributed by atoms with Crippen LogP contribution in [0.25, 0.3) is 0 Å². The Morgan fingerprint density at radius 1 is 0.554 bits per heavy atom. The molecule has 4 aromatic rings. The molecule has 0 saturated carbocycles. The fraction of sp³-hybridized carbons (Fsp3) is 0.552. The van der Waals surface area contributed by atoms with E-state index in [1.54, 1.807) is 0 Å². The number of piperidine rings is 2. The molecule has 1 amide bonds. The van der Waals surface area contributed by atoms with Crippen LogP contribution in [0.3, 0.4) is 0 Å². The summed E-state index contributed by atoms with van der Waals surface area (Å²) in [7, 11) is 0. The fourth-order valence-corrected chi connectivity index (χ4v) is 10.3. The number of nitro groups is 2. The summed E-state index contributed by atoms with van der Waals surface area (Å²) in [5.41, 5.74) is 1.55. The zero-order valence-corrected chi connectivity index (χ0v) is 49.3. The molecular weight excluding hydrogens is 1110 g/mol. The van der Waals surface area contributed by atoms with Gasteiger partial charge in [-0.15, -0.1) is 0 Å². The summed E-state index contributed by atoms with van der Waals surface area (Å²) in [5, 5.41) is 40.3. The van der Waals surface area contributed by atoms with Crippen LogP contribution < -0.4 is 62.1 Å². The van der Waals surface area contributed by atoms with Gasteiger partial charge in [0.15, 0.2) is 0 Å². The van der Waals surface area contributed by atoms with Crippen LogP contribution in [0.2, 0.25) is 0 Å². The van der Waals surface area contributed by atoms with Gasteiger partial charge in [-0.2, -0.15) is 26.3 Å². The first-order valence-corrected chi connectivity index (χ1v) is 27.7. The molecule has 4 aliphatic rings. The number of likely N-dealkylation sites (tertiary alicyclic amines) is 1. The van der Waals surface area contributed by atoms with E-state index in [0.717, 1.165) is 103 Å². The molecule has 0 atom stereocenters. The van der Waals surface area contributed by atoms with Crippen molar-refractivity contribution in [3.05, 3.63) is 127 Å². The first-order chi connectivity index (χ1) is 38.0. The number of quaternary nitrogens is 1. The molecule has 0 aliphatic carbocycles. The third kappa shape index (κ3) is 21.3. The number of carbonyl (C=O) groups is 2. The largest absolute Gasteiger partial charge is 1.00 e. The van der Waals surface area contributed by atoms with Crippen LogP contribution in [0, 0.1) is 20.2 Å². The predicted molar refractivity (Wildman–Crippen MR) is 300 cm³/mol. The predicted octanol–water partition coefficient (Wildman–Crippen LogP) is 2.53. The zero-order valence-electron chi connectivity index (χ0n) is 48.6. The number of nitrogens with one attached hydrogen (secondary N) is 2. The van der Waals surface area contributed by atoms with Crippen molar-refractivity contribution >= 4 is 46.0 Å². The van der Waals surface area contributed by atoms with Gasteiger partial charge in [0.05, 0.1) is 22.9 Å². The molecule has 4 fully saturated rings. The molecule has 4 aliphatic heterocycles. The maximum Gasteiger partial charge on any atom is 1.00 e. The third-order valence-electron chi connectivity index (χ3n) is 15.2. The second kappa shape index (κ2) is 30.8. The van der Waals surface area contributed by atoms with Gasteiger partial charge in [0, 0.05) is 151 Å². The Kier molecular flexibility index (Phi) is 25.9. The first kappa shape index (κ1) is 69.7. The number of carbonyl (C=O) groups excluding carboxylic acids is 2. The molecule has 8 rings (SSSR count). The average molecular weight is 1180 g/mol. The number of benzene rings is 4. The van der Waals surface area contributed by atoms with E-state index in [1.807, 2.05) is 4.90 Å². The van der Waals surface area contributed by atoms with Crippen LogP contribution in [0.1, 0.15) is 102 Å². The van der Waals surface area contributed by atoms with Crippen molar-refractivity contribution in [2.24, 2.45) is 0 Å². The number of nitrogens with two attached hydrogens (primary N) is 1. The van der Waals surface area contributed by atoms with Gasteiger partial charge >= 0.3 is 31.2 Å². The maximum absolute atomic E-state index is 13.3. The zero-order chi connectivity index (χ0) is 59.3. The summed E-state index contributed by atoms with van der Waals surface area (Å²) < 4.78 is 78.3. The summed E-state index contributed by atoms with van der Waals surface area (Å²) in [6, 6.07) is 23.6. The smallest absolute Gasteiger partial charge is 1.00 e. The van der Waals surface area contributed by atoms with E-state index in [1.165, 1.54) is 34.6 Å². The van der Waals surface area contributed by atoms with E-state index in [4.69, 9.17) is 0 Å². The van der Waals surface area contributed by atoms with E-state index in [9.17, 15) is 61.3 Å². The molecule has 4 N–H and O–H groups in total. The number of aliphatic carboxylic acids is 1. The van der Waals surface area contributed by atoms with Gasteiger partial charge in [-0.3, -0.25) is 34.8 Å². The van der Waals surface area contributed by atoms with Gasteiger partial charge in [-0.25, -0.2) is 0 Å². The molecule has 17 nitrogen and oxygen atoms in total. The standard InChI is InChI=1S/C29H38F3N5O3.C17H26N2O2.C12H14F3N3O2.ClH.Li/c1-28(2,3)21-4-7-24(8-5-21)35-18-16-34(17-19-35)13-12-27(38)36-14-10-22(11-15-36)33-23-6-9-26(37(39)40)25(20-23)29(30,31)32;1-17(2,3)14-4-6-15(7-5-14)19-12-10-18(11-13-19)9-8-16(20)21;13-12(14,15)10-7-9(1-2-11(10)18(19)20)17-8-3-5-16-6-4-8;;/h4-9,20,22,33H,10-19H2,1-3H3;4-7H,8-13H2,1-3H3,(H,20,21);1-2,7-8,16-17H,3-6H2;1H;/q;;;;+1/p-1. The SMILES string of the molecule is CC(C)(C)c1ccc(N2CCN(CCC(=O)N3CCC(Nc4ccc([N+](=O)[O-])c(C(F)(F)F)c4)CC3)CC2)cc1.CC(C)(C)c1ccc(N2CCN(CCC(=O)[O-])CC2)cc1.O=[N+]([O-])c1ccc(NC2CC[NH2+]CC2)cc1C(F)(F)F.[Cl-].[Li+]. The summed E-state index contributed by atoms with van der Waals surface area (Å²) in [5.74, 6) is -0.872. The Bertz CT molecular complexity index is 2720.